The Morgan fingerprint density at radius 1 is 1.32 bits per heavy atom. The maximum Gasteiger partial charge on any atom is 0.140 e. The van der Waals surface area contributed by atoms with Crippen LogP contribution in [0.5, 0.6) is 0 Å². The number of anilines is 2. The van der Waals surface area contributed by atoms with E-state index in [-0.39, 0.29) is 0 Å². The monoisotopic (exact) mass is 318 g/mol. The van der Waals surface area contributed by atoms with Gasteiger partial charge in [0.1, 0.15) is 12.1 Å². The summed E-state index contributed by atoms with van der Waals surface area (Å²) in [4.78, 5) is 11.0. The molecular weight excluding hydrogens is 304 g/mol. The van der Waals surface area contributed by atoms with Gasteiger partial charge in [-0.3, -0.25) is 0 Å². The summed E-state index contributed by atoms with van der Waals surface area (Å²) in [5.41, 5.74) is 3.47. The fraction of sp³-hybridized carbons (Fsp3) is 0.286. The smallest absolute Gasteiger partial charge is 0.140 e. The molecular formula is C14H15BrN4. The van der Waals surface area contributed by atoms with Gasteiger partial charge in [0.15, 0.2) is 0 Å². The summed E-state index contributed by atoms with van der Waals surface area (Å²) in [6, 6.07) is 8.22. The lowest BCUT2D eigenvalue weighted by atomic mass is 10.1. The zero-order chi connectivity index (χ0) is 13.2. The van der Waals surface area contributed by atoms with E-state index in [0.717, 1.165) is 41.2 Å². The van der Waals surface area contributed by atoms with Gasteiger partial charge >= 0.3 is 0 Å². The minimum absolute atomic E-state index is 0.837. The van der Waals surface area contributed by atoms with Crippen LogP contribution in [0.15, 0.2) is 35.1 Å². The van der Waals surface area contributed by atoms with Crippen molar-refractivity contribution in [2.24, 2.45) is 0 Å². The highest BCUT2D eigenvalue weighted by Gasteiger charge is 2.18. The molecule has 0 aliphatic carbocycles. The standard InChI is InChI=1S/C14H15BrN4/c1-19(11-4-2-3-10(15)7-11)14-12-8-16-6-5-13(12)17-9-18-14/h2-4,7,9,16H,5-6,8H2,1H3. The lowest BCUT2D eigenvalue weighted by Gasteiger charge is -2.25. The van der Waals surface area contributed by atoms with Crippen molar-refractivity contribution in [2.45, 2.75) is 13.0 Å². The predicted octanol–water partition coefficient (Wildman–Crippen LogP) is 2.65. The first-order valence-electron chi connectivity index (χ1n) is 6.28. The van der Waals surface area contributed by atoms with Crippen molar-refractivity contribution in [3.05, 3.63) is 46.3 Å². The molecule has 98 valence electrons. The summed E-state index contributed by atoms with van der Waals surface area (Å²) >= 11 is 3.51. The number of nitrogens with zero attached hydrogens (tertiary/aromatic N) is 3. The lowest BCUT2D eigenvalue weighted by Crippen LogP contribution is -2.27. The fourth-order valence-corrected chi connectivity index (χ4v) is 2.74. The number of hydrogen-bond donors (Lipinski definition) is 1. The van der Waals surface area contributed by atoms with Gasteiger partial charge in [0.05, 0.1) is 5.69 Å². The van der Waals surface area contributed by atoms with Crippen LogP contribution in [-0.4, -0.2) is 23.6 Å². The molecule has 2 heterocycles. The Morgan fingerprint density at radius 3 is 3.05 bits per heavy atom. The van der Waals surface area contributed by atoms with Gasteiger partial charge in [-0.05, 0) is 18.2 Å². The number of hydrogen-bond acceptors (Lipinski definition) is 4. The molecule has 0 spiro atoms. The molecule has 3 rings (SSSR count). The average molecular weight is 319 g/mol. The summed E-state index contributed by atoms with van der Waals surface area (Å²) in [5, 5.41) is 3.38. The summed E-state index contributed by atoms with van der Waals surface area (Å²) in [6.45, 7) is 1.83. The Kier molecular flexibility index (Phi) is 3.48. The van der Waals surface area contributed by atoms with E-state index in [2.05, 4.69) is 48.2 Å². The Balaban J connectivity index is 2.02. The van der Waals surface area contributed by atoms with Gasteiger partial charge in [0.25, 0.3) is 0 Å². The molecule has 0 amide bonds. The van der Waals surface area contributed by atoms with Crippen LogP contribution in [0.4, 0.5) is 11.5 Å². The van der Waals surface area contributed by atoms with Crippen LogP contribution in [0.3, 0.4) is 0 Å². The summed E-state index contributed by atoms with van der Waals surface area (Å²) in [5.74, 6) is 0.982. The van der Waals surface area contributed by atoms with E-state index in [1.807, 2.05) is 19.2 Å². The van der Waals surface area contributed by atoms with E-state index < -0.39 is 0 Å². The van der Waals surface area contributed by atoms with Crippen molar-refractivity contribution in [3.63, 3.8) is 0 Å². The number of halogens is 1. The van der Waals surface area contributed by atoms with Gasteiger partial charge in [-0.15, -0.1) is 0 Å². The van der Waals surface area contributed by atoms with Crippen molar-refractivity contribution < 1.29 is 0 Å². The molecule has 1 N–H and O–H groups in total. The Labute approximate surface area is 121 Å². The molecule has 0 unspecified atom stereocenters. The van der Waals surface area contributed by atoms with Crippen LogP contribution < -0.4 is 10.2 Å². The molecule has 1 aliphatic heterocycles. The van der Waals surface area contributed by atoms with E-state index in [1.165, 1.54) is 5.56 Å². The normalized spacial score (nSPS) is 14.0. The van der Waals surface area contributed by atoms with Crippen molar-refractivity contribution in [3.8, 4) is 0 Å². The maximum atomic E-state index is 4.46. The molecule has 0 radical (unpaired) electrons. The largest absolute Gasteiger partial charge is 0.329 e. The number of aromatic nitrogens is 2. The molecule has 4 nitrogen and oxygen atoms in total. The van der Waals surface area contributed by atoms with E-state index in [0.29, 0.717) is 0 Å². The van der Waals surface area contributed by atoms with E-state index in [4.69, 9.17) is 0 Å². The average Bonchev–Trinajstić information content (AvgIpc) is 2.46. The zero-order valence-corrected chi connectivity index (χ0v) is 12.3. The minimum Gasteiger partial charge on any atom is -0.329 e. The Bertz CT molecular complexity index is 600. The molecule has 1 aromatic carbocycles. The second kappa shape index (κ2) is 5.27. The number of benzene rings is 1. The first-order valence-corrected chi connectivity index (χ1v) is 7.08. The van der Waals surface area contributed by atoms with Crippen LogP contribution in [0.2, 0.25) is 0 Å². The first-order chi connectivity index (χ1) is 9.25. The first kappa shape index (κ1) is 12.6. The van der Waals surface area contributed by atoms with Crippen LogP contribution >= 0.6 is 15.9 Å². The van der Waals surface area contributed by atoms with Crippen LogP contribution in [0, 0.1) is 0 Å². The molecule has 0 atom stereocenters. The van der Waals surface area contributed by atoms with Crippen LogP contribution in [0.1, 0.15) is 11.3 Å². The molecule has 0 saturated heterocycles. The lowest BCUT2D eigenvalue weighted by molar-refractivity contribution is 0.625. The molecule has 0 saturated carbocycles. The maximum absolute atomic E-state index is 4.46. The van der Waals surface area contributed by atoms with Gasteiger partial charge in [-0.25, -0.2) is 9.97 Å². The highest BCUT2D eigenvalue weighted by Crippen LogP contribution is 2.29. The highest BCUT2D eigenvalue weighted by molar-refractivity contribution is 9.10. The third-order valence-electron chi connectivity index (χ3n) is 3.37. The predicted molar refractivity (Wildman–Crippen MR) is 79.6 cm³/mol. The number of nitrogens with one attached hydrogen (secondary N) is 1. The van der Waals surface area contributed by atoms with Crippen LogP contribution in [-0.2, 0) is 13.0 Å². The Hall–Kier alpha value is -1.46. The summed E-state index contributed by atoms with van der Waals surface area (Å²) < 4.78 is 1.07. The summed E-state index contributed by atoms with van der Waals surface area (Å²) in [7, 11) is 2.04. The van der Waals surface area contributed by atoms with Crippen molar-refractivity contribution in [2.75, 3.05) is 18.5 Å². The third kappa shape index (κ3) is 2.48. The zero-order valence-electron chi connectivity index (χ0n) is 10.7. The quantitative estimate of drug-likeness (QED) is 0.924. The SMILES string of the molecule is CN(c1cccc(Br)c1)c1ncnc2c1CNCC2. The van der Waals surface area contributed by atoms with Crippen LogP contribution in [0.25, 0.3) is 0 Å². The van der Waals surface area contributed by atoms with E-state index in [1.54, 1.807) is 6.33 Å². The van der Waals surface area contributed by atoms with E-state index >= 15 is 0 Å². The van der Waals surface area contributed by atoms with Crippen molar-refractivity contribution in [1.82, 2.24) is 15.3 Å². The van der Waals surface area contributed by atoms with Gasteiger partial charge in [0, 0.05) is 42.3 Å². The van der Waals surface area contributed by atoms with Gasteiger partial charge < -0.3 is 10.2 Å². The van der Waals surface area contributed by atoms with Gasteiger partial charge in [-0.1, -0.05) is 22.0 Å². The summed E-state index contributed by atoms with van der Waals surface area (Å²) in [6.07, 6.45) is 2.63. The molecule has 5 heteroatoms. The third-order valence-corrected chi connectivity index (χ3v) is 3.86. The number of fused-ring (bicyclic) bond motifs is 1. The van der Waals surface area contributed by atoms with Gasteiger partial charge in [-0.2, -0.15) is 0 Å². The fourth-order valence-electron chi connectivity index (χ4n) is 2.35. The molecule has 19 heavy (non-hydrogen) atoms. The molecule has 0 fully saturated rings. The molecule has 0 bridgehead atoms. The molecule has 1 aromatic heterocycles. The number of rotatable bonds is 2. The van der Waals surface area contributed by atoms with E-state index in [9.17, 15) is 0 Å². The molecule has 2 aromatic rings. The van der Waals surface area contributed by atoms with Crippen molar-refractivity contribution in [1.29, 1.82) is 0 Å². The topological polar surface area (TPSA) is 41.1 Å². The molecule has 1 aliphatic rings. The Morgan fingerprint density at radius 2 is 2.21 bits per heavy atom. The minimum atomic E-state index is 0.837. The highest BCUT2D eigenvalue weighted by atomic mass is 79.9. The van der Waals surface area contributed by atoms with Gasteiger partial charge in [0.2, 0.25) is 0 Å². The second-order valence-electron chi connectivity index (χ2n) is 4.59. The van der Waals surface area contributed by atoms with Crippen molar-refractivity contribution >= 4 is 27.4 Å². The second-order valence-corrected chi connectivity index (χ2v) is 5.50.